The van der Waals surface area contributed by atoms with Crippen molar-refractivity contribution >= 4 is 63.7 Å². The number of ether oxygens (including phenoxy) is 2. The lowest BCUT2D eigenvalue weighted by Crippen LogP contribution is -2.05. The Morgan fingerprint density at radius 1 is 1.06 bits per heavy atom. The molecule has 1 aliphatic rings. The molecule has 0 radical (unpaired) electrons. The van der Waals surface area contributed by atoms with E-state index in [1.54, 1.807) is 18.2 Å². The molecule has 0 saturated heterocycles. The van der Waals surface area contributed by atoms with E-state index in [2.05, 4.69) is 27.6 Å². The van der Waals surface area contributed by atoms with Crippen LogP contribution in [-0.4, -0.2) is 11.9 Å². The summed E-state index contributed by atoms with van der Waals surface area (Å²) in [4.78, 5) is 16.7. The van der Waals surface area contributed by atoms with Crippen LogP contribution in [-0.2, 0) is 16.1 Å². The molecule has 3 aromatic rings. The van der Waals surface area contributed by atoms with Gasteiger partial charge in [0.25, 0.3) is 0 Å². The summed E-state index contributed by atoms with van der Waals surface area (Å²) >= 11 is 14.3. The second-order valence-electron chi connectivity index (χ2n) is 6.91. The van der Waals surface area contributed by atoms with Crippen molar-refractivity contribution in [3.63, 3.8) is 0 Å². The number of carbonyl (C=O) groups excluding carboxylic acids is 1. The molecule has 0 amide bonds. The number of carbonyl (C=O) groups is 1. The Bertz CT molecular complexity index is 1240. The van der Waals surface area contributed by atoms with Crippen LogP contribution in [0.3, 0.4) is 0 Å². The molecule has 4 rings (SSSR count). The molecule has 156 valence electrons. The standard InChI is InChI=1S/C24H16Cl2INO3/c1-14-9-17(6-8-21(14)27)23-28-22(24(29)31-23)12-15-3-2-4-18(10-15)30-13-16-5-7-19(25)20(26)11-16/h2-12H,13H2,1H3/b22-12-. The van der Waals surface area contributed by atoms with Gasteiger partial charge in [0.1, 0.15) is 12.4 Å². The molecule has 0 spiro atoms. The minimum atomic E-state index is -0.478. The maximum Gasteiger partial charge on any atom is 0.363 e. The van der Waals surface area contributed by atoms with E-state index in [1.807, 2.05) is 55.5 Å². The fraction of sp³-hybridized carbons (Fsp3) is 0.0833. The molecular weight excluding hydrogens is 548 g/mol. The summed E-state index contributed by atoms with van der Waals surface area (Å²) in [6, 6.07) is 18.6. The van der Waals surface area contributed by atoms with Crippen molar-refractivity contribution in [3.05, 3.63) is 102 Å². The molecule has 1 aliphatic heterocycles. The summed E-state index contributed by atoms with van der Waals surface area (Å²) < 4.78 is 12.4. The van der Waals surface area contributed by atoms with Gasteiger partial charge in [-0.2, -0.15) is 0 Å². The van der Waals surface area contributed by atoms with Crippen LogP contribution in [0.15, 0.2) is 71.4 Å². The molecule has 0 saturated carbocycles. The van der Waals surface area contributed by atoms with E-state index in [0.29, 0.717) is 28.3 Å². The van der Waals surface area contributed by atoms with Gasteiger partial charge < -0.3 is 9.47 Å². The van der Waals surface area contributed by atoms with Gasteiger partial charge in [-0.15, -0.1) is 0 Å². The number of rotatable bonds is 5. The van der Waals surface area contributed by atoms with Gasteiger partial charge >= 0.3 is 5.97 Å². The maximum atomic E-state index is 12.3. The lowest BCUT2D eigenvalue weighted by Gasteiger charge is -2.08. The van der Waals surface area contributed by atoms with Crippen LogP contribution >= 0.6 is 45.8 Å². The summed E-state index contributed by atoms with van der Waals surface area (Å²) in [5.74, 6) is 0.486. The van der Waals surface area contributed by atoms with Crippen LogP contribution in [0.1, 0.15) is 22.3 Å². The van der Waals surface area contributed by atoms with E-state index in [9.17, 15) is 4.79 Å². The summed E-state index contributed by atoms with van der Waals surface area (Å²) in [7, 11) is 0. The molecule has 4 nitrogen and oxygen atoms in total. The van der Waals surface area contributed by atoms with Crippen LogP contribution in [0.2, 0.25) is 10.0 Å². The average molecular weight is 564 g/mol. The normalized spacial score (nSPS) is 14.5. The molecule has 3 aromatic carbocycles. The minimum Gasteiger partial charge on any atom is -0.489 e. The Hall–Kier alpha value is -2.35. The summed E-state index contributed by atoms with van der Waals surface area (Å²) in [6.07, 6.45) is 1.68. The number of esters is 1. The number of aryl methyl sites for hydroxylation is 1. The van der Waals surface area contributed by atoms with E-state index in [-0.39, 0.29) is 5.70 Å². The molecule has 31 heavy (non-hydrogen) atoms. The molecule has 0 N–H and O–H groups in total. The monoisotopic (exact) mass is 563 g/mol. The molecule has 0 aliphatic carbocycles. The number of hydrogen-bond acceptors (Lipinski definition) is 4. The van der Waals surface area contributed by atoms with Crippen molar-refractivity contribution in [1.82, 2.24) is 0 Å². The molecule has 0 atom stereocenters. The third kappa shape index (κ3) is 5.29. The van der Waals surface area contributed by atoms with Gasteiger partial charge in [-0.3, -0.25) is 0 Å². The minimum absolute atomic E-state index is 0.243. The smallest absolute Gasteiger partial charge is 0.363 e. The highest BCUT2D eigenvalue weighted by Gasteiger charge is 2.24. The zero-order valence-electron chi connectivity index (χ0n) is 16.4. The Kier molecular flexibility index (Phi) is 6.65. The average Bonchev–Trinajstić information content (AvgIpc) is 3.11. The lowest BCUT2D eigenvalue weighted by molar-refractivity contribution is -0.129. The molecule has 1 heterocycles. The second kappa shape index (κ2) is 9.42. The Morgan fingerprint density at radius 2 is 1.90 bits per heavy atom. The van der Waals surface area contributed by atoms with Gasteiger partial charge in [0.05, 0.1) is 10.0 Å². The Balaban J connectivity index is 1.51. The number of cyclic esters (lactones) is 1. The van der Waals surface area contributed by atoms with Gasteiger partial charge in [-0.25, -0.2) is 9.79 Å². The third-order valence-electron chi connectivity index (χ3n) is 4.58. The first kappa shape index (κ1) is 21.9. The van der Waals surface area contributed by atoms with Crippen LogP contribution in [0.25, 0.3) is 6.08 Å². The highest BCUT2D eigenvalue weighted by atomic mass is 127. The zero-order chi connectivity index (χ0) is 22.0. The number of halogens is 3. The molecule has 0 fully saturated rings. The Labute approximate surface area is 203 Å². The predicted octanol–water partition coefficient (Wildman–Crippen LogP) is 6.83. The van der Waals surface area contributed by atoms with Crippen molar-refractivity contribution in [3.8, 4) is 5.75 Å². The molecular formula is C24H16Cl2INO3. The number of nitrogens with zero attached hydrogens (tertiary/aromatic N) is 1. The third-order valence-corrected chi connectivity index (χ3v) is 6.53. The highest BCUT2D eigenvalue weighted by Crippen LogP contribution is 2.25. The topological polar surface area (TPSA) is 47.9 Å². The van der Waals surface area contributed by atoms with Crippen LogP contribution < -0.4 is 4.74 Å². The number of hydrogen-bond donors (Lipinski definition) is 0. The summed E-state index contributed by atoms with van der Waals surface area (Å²) in [6.45, 7) is 2.34. The van der Waals surface area contributed by atoms with Gasteiger partial charge in [0.15, 0.2) is 5.70 Å². The van der Waals surface area contributed by atoms with E-state index < -0.39 is 5.97 Å². The van der Waals surface area contributed by atoms with Crippen LogP contribution in [0.5, 0.6) is 5.75 Å². The van der Waals surface area contributed by atoms with Gasteiger partial charge in [0, 0.05) is 9.13 Å². The van der Waals surface area contributed by atoms with Crippen LogP contribution in [0, 0.1) is 10.5 Å². The molecule has 0 aromatic heterocycles. The largest absolute Gasteiger partial charge is 0.489 e. The van der Waals surface area contributed by atoms with Gasteiger partial charge in [0.2, 0.25) is 5.90 Å². The first-order valence-corrected chi connectivity index (χ1v) is 11.2. The van der Waals surface area contributed by atoms with Crippen LogP contribution in [0.4, 0.5) is 0 Å². The van der Waals surface area contributed by atoms with Crippen molar-refractivity contribution < 1.29 is 14.3 Å². The van der Waals surface area contributed by atoms with Crippen molar-refractivity contribution in [2.45, 2.75) is 13.5 Å². The lowest BCUT2D eigenvalue weighted by atomic mass is 10.1. The molecule has 0 unspecified atom stereocenters. The first-order valence-electron chi connectivity index (χ1n) is 9.35. The Morgan fingerprint density at radius 3 is 2.68 bits per heavy atom. The summed E-state index contributed by atoms with van der Waals surface area (Å²) in [5, 5.41) is 0.987. The SMILES string of the molecule is Cc1cc(C2=N/C(=C\c3cccc(OCc4ccc(Cl)c(Cl)c4)c3)C(=O)O2)ccc1I. The van der Waals surface area contributed by atoms with Gasteiger partial charge in [-0.1, -0.05) is 41.4 Å². The van der Waals surface area contributed by atoms with E-state index in [0.717, 1.165) is 25.8 Å². The first-order chi connectivity index (χ1) is 14.9. The maximum absolute atomic E-state index is 12.3. The van der Waals surface area contributed by atoms with E-state index in [1.165, 1.54) is 0 Å². The predicted molar refractivity (Wildman–Crippen MR) is 132 cm³/mol. The zero-order valence-corrected chi connectivity index (χ0v) is 20.0. The molecule has 7 heteroatoms. The number of benzene rings is 3. The highest BCUT2D eigenvalue weighted by molar-refractivity contribution is 14.1. The number of aliphatic imine (C=N–C) groups is 1. The van der Waals surface area contributed by atoms with Gasteiger partial charge in [-0.05, 0) is 94.7 Å². The fourth-order valence-electron chi connectivity index (χ4n) is 2.96. The van der Waals surface area contributed by atoms with Crippen molar-refractivity contribution in [2.75, 3.05) is 0 Å². The fourth-order valence-corrected chi connectivity index (χ4v) is 3.61. The van der Waals surface area contributed by atoms with Crippen molar-refractivity contribution in [1.29, 1.82) is 0 Å². The van der Waals surface area contributed by atoms with E-state index >= 15 is 0 Å². The molecule has 0 bridgehead atoms. The summed E-state index contributed by atoms with van der Waals surface area (Å²) in [5.41, 5.74) is 3.80. The van der Waals surface area contributed by atoms with Crippen molar-refractivity contribution in [2.24, 2.45) is 4.99 Å². The van der Waals surface area contributed by atoms with E-state index in [4.69, 9.17) is 32.7 Å². The quantitative estimate of drug-likeness (QED) is 0.194. The second-order valence-corrected chi connectivity index (χ2v) is 8.89.